The normalized spacial score (nSPS) is 16.8. The van der Waals surface area contributed by atoms with Crippen LogP contribution in [0, 0.1) is 0 Å². The van der Waals surface area contributed by atoms with Crippen LogP contribution in [0.1, 0.15) is 26.0 Å². The first-order valence-corrected chi connectivity index (χ1v) is 8.99. The van der Waals surface area contributed by atoms with Crippen LogP contribution in [-0.4, -0.2) is 69.4 Å². The first-order valence-electron chi connectivity index (χ1n) is 8.99. The first kappa shape index (κ1) is 19.8. The topological polar surface area (TPSA) is 71.3 Å². The molecule has 1 aromatic rings. The van der Waals surface area contributed by atoms with Crippen molar-refractivity contribution in [2.24, 2.45) is 4.99 Å². The van der Waals surface area contributed by atoms with Crippen molar-refractivity contribution >= 4 is 5.96 Å². The van der Waals surface area contributed by atoms with E-state index in [1.165, 1.54) is 0 Å². The van der Waals surface area contributed by atoms with Crippen LogP contribution in [0.4, 0.5) is 0 Å². The molecule has 2 rings (SSSR count). The number of furan rings is 1. The zero-order valence-electron chi connectivity index (χ0n) is 15.7. The highest BCUT2D eigenvalue weighted by atomic mass is 16.5. The summed E-state index contributed by atoms with van der Waals surface area (Å²) in [7, 11) is 1.80. The molecule has 142 valence electrons. The number of ether oxygens (including phenoxy) is 2. The Bertz CT molecular complexity index is 496. The van der Waals surface area contributed by atoms with Gasteiger partial charge in [0.2, 0.25) is 0 Å². The quantitative estimate of drug-likeness (QED) is 0.398. The van der Waals surface area contributed by atoms with Gasteiger partial charge in [-0.1, -0.05) is 0 Å². The van der Waals surface area contributed by atoms with Gasteiger partial charge in [-0.05, 0) is 32.4 Å². The average molecular weight is 352 g/mol. The second-order valence-corrected chi connectivity index (χ2v) is 6.75. The van der Waals surface area contributed by atoms with Crippen molar-refractivity contribution in [1.82, 2.24) is 15.5 Å². The molecule has 0 amide bonds. The van der Waals surface area contributed by atoms with E-state index >= 15 is 0 Å². The molecule has 0 atom stereocenters. The Balaban J connectivity index is 1.58. The van der Waals surface area contributed by atoms with Crippen molar-refractivity contribution in [1.29, 1.82) is 0 Å². The maximum Gasteiger partial charge on any atom is 0.191 e. The van der Waals surface area contributed by atoms with E-state index in [1.807, 2.05) is 12.1 Å². The van der Waals surface area contributed by atoms with E-state index in [4.69, 9.17) is 13.9 Å². The molecule has 0 aliphatic carbocycles. The number of morpholine rings is 1. The van der Waals surface area contributed by atoms with Crippen LogP contribution in [0.3, 0.4) is 0 Å². The smallest absolute Gasteiger partial charge is 0.191 e. The molecule has 0 aromatic carbocycles. The van der Waals surface area contributed by atoms with Crippen molar-refractivity contribution in [2.45, 2.75) is 32.4 Å². The van der Waals surface area contributed by atoms with Gasteiger partial charge in [0, 0.05) is 45.4 Å². The Kier molecular flexibility index (Phi) is 8.24. The molecular weight excluding hydrogens is 320 g/mol. The predicted molar refractivity (Wildman–Crippen MR) is 98.8 cm³/mol. The van der Waals surface area contributed by atoms with E-state index in [-0.39, 0.29) is 5.54 Å². The summed E-state index contributed by atoms with van der Waals surface area (Å²) in [5.41, 5.74) is 0.0630. The number of nitrogens with one attached hydrogen (secondary N) is 2. The van der Waals surface area contributed by atoms with Crippen LogP contribution in [0.25, 0.3) is 0 Å². The minimum Gasteiger partial charge on any atom is -0.467 e. The van der Waals surface area contributed by atoms with E-state index in [1.54, 1.807) is 13.3 Å². The maximum absolute atomic E-state index is 5.57. The number of nitrogens with zero attached hydrogens (tertiary/aromatic N) is 2. The van der Waals surface area contributed by atoms with E-state index in [0.29, 0.717) is 13.2 Å². The predicted octanol–water partition coefficient (Wildman–Crippen LogP) is 1.46. The fourth-order valence-corrected chi connectivity index (χ4v) is 2.75. The largest absolute Gasteiger partial charge is 0.467 e. The molecule has 7 nitrogen and oxygen atoms in total. The minimum atomic E-state index is 0.0630. The summed E-state index contributed by atoms with van der Waals surface area (Å²) in [5.74, 6) is 1.68. The third-order valence-corrected chi connectivity index (χ3v) is 4.36. The highest BCUT2D eigenvalue weighted by molar-refractivity contribution is 5.79. The van der Waals surface area contributed by atoms with Gasteiger partial charge in [0.05, 0.1) is 19.5 Å². The van der Waals surface area contributed by atoms with Crippen LogP contribution < -0.4 is 10.6 Å². The fourth-order valence-electron chi connectivity index (χ4n) is 2.75. The number of hydrogen-bond acceptors (Lipinski definition) is 5. The standard InChI is InChI=1S/C18H32N4O3/c1-18(2,22-8-12-23-13-9-22)15-21-17(19-3)20-7-5-10-24-14-16-6-4-11-25-16/h4,6,11H,5,7-10,12-15H2,1-3H3,(H2,19,20,21). The minimum absolute atomic E-state index is 0.0630. The van der Waals surface area contributed by atoms with Gasteiger partial charge < -0.3 is 24.5 Å². The van der Waals surface area contributed by atoms with Crippen molar-refractivity contribution in [3.63, 3.8) is 0 Å². The lowest BCUT2D eigenvalue weighted by atomic mass is 10.0. The first-order chi connectivity index (χ1) is 12.1. The lowest BCUT2D eigenvalue weighted by Gasteiger charge is -2.41. The summed E-state index contributed by atoms with van der Waals surface area (Å²) in [4.78, 5) is 6.75. The number of guanidine groups is 1. The Hall–Kier alpha value is -1.57. The highest BCUT2D eigenvalue weighted by Gasteiger charge is 2.28. The van der Waals surface area contributed by atoms with Gasteiger partial charge in [-0.2, -0.15) is 0 Å². The maximum atomic E-state index is 5.57. The molecule has 0 saturated carbocycles. The second-order valence-electron chi connectivity index (χ2n) is 6.75. The Morgan fingerprint density at radius 3 is 2.80 bits per heavy atom. The highest BCUT2D eigenvalue weighted by Crippen LogP contribution is 2.14. The summed E-state index contributed by atoms with van der Waals surface area (Å²) in [5, 5.41) is 6.75. The third kappa shape index (κ3) is 7.05. The van der Waals surface area contributed by atoms with Gasteiger partial charge >= 0.3 is 0 Å². The molecular formula is C18H32N4O3. The van der Waals surface area contributed by atoms with Crippen LogP contribution >= 0.6 is 0 Å². The van der Waals surface area contributed by atoms with Crippen LogP contribution in [0.15, 0.2) is 27.8 Å². The molecule has 1 fully saturated rings. The van der Waals surface area contributed by atoms with E-state index in [9.17, 15) is 0 Å². The average Bonchev–Trinajstić information content (AvgIpc) is 3.14. The van der Waals surface area contributed by atoms with Gasteiger partial charge in [0.1, 0.15) is 12.4 Å². The zero-order valence-corrected chi connectivity index (χ0v) is 15.7. The van der Waals surface area contributed by atoms with Crippen LogP contribution in [-0.2, 0) is 16.1 Å². The molecule has 0 unspecified atom stereocenters. The third-order valence-electron chi connectivity index (χ3n) is 4.36. The molecule has 1 aliphatic heterocycles. The molecule has 0 radical (unpaired) electrons. The fraction of sp³-hybridized carbons (Fsp3) is 0.722. The second kappa shape index (κ2) is 10.4. The van der Waals surface area contributed by atoms with Crippen LogP contribution in [0.5, 0.6) is 0 Å². The Morgan fingerprint density at radius 1 is 1.32 bits per heavy atom. The summed E-state index contributed by atoms with van der Waals surface area (Å²) < 4.78 is 16.2. The van der Waals surface area contributed by atoms with Gasteiger partial charge in [-0.15, -0.1) is 0 Å². The molecule has 0 bridgehead atoms. The van der Waals surface area contributed by atoms with Crippen molar-refractivity contribution in [2.75, 3.05) is 53.0 Å². The van der Waals surface area contributed by atoms with E-state index in [2.05, 4.69) is 34.4 Å². The molecule has 2 heterocycles. The summed E-state index contributed by atoms with van der Waals surface area (Å²) in [6.07, 6.45) is 2.57. The summed E-state index contributed by atoms with van der Waals surface area (Å²) in [6, 6.07) is 3.79. The van der Waals surface area contributed by atoms with Gasteiger partial charge in [0.15, 0.2) is 5.96 Å². The molecule has 7 heteroatoms. The van der Waals surface area contributed by atoms with Crippen molar-refractivity contribution in [3.05, 3.63) is 24.2 Å². The SMILES string of the molecule is CN=C(NCCCOCc1ccco1)NCC(C)(C)N1CCOCC1. The van der Waals surface area contributed by atoms with E-state index in [0.717, 1.165) is 57.5 Å². The molecule has 1 saturated heterocycles. The lowest BCUT2D eigenvalue weighted by molar-refractivity contribution is -0.00834. The van der Waals surface area contributed by atoms with E-state index < -0.39 is 0 Å². The van der Waals surface area contributed by atoms with Gasteiger partial charge in [-0.3, -0.25) is 9.89 Å². The molecule has 0 spiro atoms. The molecule has 1 aliphatic rings. The number of hydrogen-bond donors (Lipinski definition) is 2. The summed E-state index contributed by atoms with van der Waals surface area (Å²) >= 11 is 0. The molecule has 2 N–H and O–H groups in total. The molecule has 1 aromatic heterocycles. The Morgan fingerprint density at radius 2 is 2.12 bits per heavy atom. The summed E-state index contributed by atoms with van der Waals surface area (Å²) in [6.45, 7) is 10.9. The number of aliphatic imine (C=N–C) groups is 1. The van der Waals surface area contributed by atoms with Crippen molar-refractivity contribution in [3.8, 4) is 0 Å². The number of rotatable bonds is 9. The monoisotopic (exact) mass is 352 g/mol. The van der Waals surface area contributed by atoms with Crippen molar-refractivity contribution < 1.29 is 13.9 Å². The Labute approximate surface area is 150 Å². The van der Waals surface area contributed by atoms with Gasteiger partial charge in [-0.25, -0.2) is 0 Å². The lowest BCUT2D eigenvalue weighted by Crippen LogP contribution is -2.56. The van der Waals surface area contributed by atoms with Crippen LogP contribution in [0.2, 0.25) is 0 Å². The van der Waals surface area contributed by atoms with Gasteiger partial charge in [0.25, 0.3) is 0 Å². The zero-order chi connectivity index (χ0) is 18.0. The molecule has 25 heavy (non-hydrogen) atoms.